The zero-order valence-corrected chi connectivity index (χ0v) is 11.1. The standard InChI is InChI=1S/C14H27NO/c1-5-11(3)7-13(15-4)8-12-9-14(10-12)16-6-2/h12-15H,3,5-10H2,1-2,4H3. The predicted molar refractivity (Wildman–Crippen MR) is 69.7 cm³/mol. The Kier molecular flexibility index (Phi) is 6.07. The smallest absolute Gasteiger partial charge is 0.0580 e. The molecule has 94 valence electrons. The van der Waals surface area contributed by atoms with Crippen LogP contribution in [0.4, 0.5) is 0 Å². The molecule has 0 heterocycles. The van der Waals surface area contributed by atoms with Gasteiger partial charge < -0.3 is 10.1 Å². The second-order valence-corrected chi connectivity index (χ2v) is 4.94. The van der Waals surface area contributed by atoms with E-state index in [2.05, 4.69) is 32.8 Å². The van der Waals surface area contributed by atoms with E-state index >= 15 is 0 Å². The van der Waals surface area contributed by atoms with E-state index in [-0.39, 0.29) is 0 Å². The molecular formula is C14H27NO. The van der Waals surface area contributed by atoms with Crippen LogP contribution in [-0.4, -0.2) is 25.8 Å². The highest BCUT2D eigenvalue weighted by Gasteiger charge is 2.30. The Labute approximate surface area is 100 Å². The van der Waals surface area contributed by atoms with Crippen LogP contribution in [0.25, 0.3) is 0 Å². The van der Waals surface area contributed by atoms with Crippen LogP contribution >= 0.6 is 0 Å². The summed E-state index contributed by atoms with van der Waals surface area (Å²) in [5.74, 6) is 0.860. The molecule has 2 nitrogen and oxygen atoms in total. The second-order valence-electron chi connectivity index (χ2n) is 4.94. The van der Waals surface area contributed by atoms with Gasteiger partial charge in [-0.05, 0) is 52.0 Å². The third-order valence-corrected chi connectivity index (χ3v) is 3.66. The first-order chi connectivity index (χ1) is 7.69. The van der Waals surface area contributed by atoms with Gasteiger partial charge in [-0.2, -0.15) is 0 Å². The molecule has 1 N–H and O–H groups in total. The van der Waals surface area contributed by atoms with Crippen LogP contribution in [0.1, 0.15) is 46.0 Å². The van der Waals surface area contributed by atoms with Gasteiger partial charge in [0.2, 0.25) is 0 Å². The van der Waals surface area contributed by atoms with Crippen LogP contribution in [0, 0.1) is 5.92 Å². The molecule has 1 atom stereocenters. The predicted octanol–water partition coefficient (Wildman–Crippen LogP) is 3.14. The van der Waals surface area contributed by atoms with E-state index < -0.39 is 0 Å². The van der Waals surface area contributed by atoms with Crippen LogP contribution in [0.15, 0.2) is 12.2 Å². The molecule has 1 aliphatic carbocycles. The molecule has 0 spiro atoms. The fourth-order valence-electron chi connectivity index (χ4n) is 2.44. The molecule has 0 aliphatic heterocycles. The lowest BCUT2D eigenvalue weighted by molar-refractivity contribution is -0.0288. The molecule has 1 rings (SSSR count). The van der Waals surface area contributed by atoms with E-state index in [1.165, 1.54) is 24.8 Å². The Balaban J connectivity index is 2.17. The molecule has 2 heteroatoms. The molecule has 0 saturated heterocycles. The minimum absolute atomic E-state index is 0.543. The Morgan fingerprint density at radius 3 is 2.62 bits per heavy atom. The molecular weight excluding hydrogens is 198 g/mol. The summed E-state index contributed by atoms with van der Waals surface area (Å²) in [7, 11) is 2.06. The van der Waals surface area contributed by atoms with Crippen molar-refractivity contribution in [1.29, 1.82) is 0 Å². The first-order valence-electron chi connectivity index (χ1n) is 6.65. The first-order valence-corrected chi connectivity index (χ1v) is 6.65. The third kappa shape index (κ3) is 4.26. The molecule has 0 aromatic heterocycles. The first kappa shape index (κ1) is 13.7. The van der Waals surface area contributed by atoms with E-state index in [1.807, 2.05) is 0 Å². The van der Waals surface area contributed by atoms with Gasteiger partial charge in [0.05, 0.1) is 6.10 Å². The minimum Gasteiger partial charge on any atom is -0.378 e. The van der Waals surface area contributed by atoms with Gasteiger partial charge >= 0.3 is 0 Å². The number of hydrogen-bond donors (Lipinski definition) is 1. The quantitative estimate of drug-likeness (QED) is 0.641. The molecule has 1 fully saturated rings. The van der Waals surface area contributed by atoms with Crippen LogP contribution in [0.5, 0.6) is 0 Å². The number of hydrogen-bond acceptors (Lipinski definition) is 2. The van der Waals surface area contributed by atoms with Crippen molar-refractivity contribution in [2.45, 2.75) is 58.1 Å². The molecule has 0 radical (unpaired) electrons. The molecule has 0 bridgehead atoms. The maximum atomic E-state index is 5.59. The summed E-state index contributed by atoms with van der Waals surface area (Å²) in [5, 5.41) is 3.41. The molecule has 0 aromatic carbocycles. The van der Waals surface area contributed by atoms with Crippen molar-refractivity contribution < 1.29 is 4.74 Å². The fraction of sp³-hybridized carbons (Fsp3) is 0.857. The Morgan fingerprint density at radius 2 is 2.12 bits per heavy atom. The van der Waals surface area contributed by atoms with Crippen molar-refractivity contribution in [3.8, 4) is 0 Å². The van der Waals surface area contributed by atoms with Gasteiger partial charge in [0.25, 0.3) is 0 Å². The van der Waals surface area contributed by atoms with Gasteiger partial charge in [0, 0.05) is 12.6 Å². The van der Waals surface area contributed by atoms with Crippen LogP contribution in [0.2, 0.25) is 0 Å². The van der Waals surface area contributed by atoms with Crippen molar-refractivity contribution >= 4 is 0 Å². The summed E-state index contributed by atoms with van der Waals surface area (Å²) < 4.78 is 5.59. The highest BCUT2D eigenvalue weighted by molar-refractivity contribution is 4.97. The molecule has 1 aliphatic rings. The molecule has 0 aromatic rings. The molecule has 0 amide bonds. The van der Waals surface area contributed by atoms with Crippen LogP contribution < -0.4 is 5.32 Å². The molecule has 16 heavy (non-hydrogen) atoms. The minimum atomic E-state index is 0.543. The average molecular weight is 225 g/mol. The van der Waals surface area contributed by atoms with E-state index in [4.69, 9.17) is 4.74 Å². The Morgan fingerprint density at radius 1 is 1.44 bits per heavy atom. The van der Waals surface area contributed by atoms with Crippen molar-refractivity contribution in [3.05, 3.63) is 12.2 Å². The van der Waals surface area contributed by atoms with Gasteiger partial charge in [0.15, 0.2) is 0 Å². The number of rotatable bonds is 8. The van der Waals surface area contributed by atoms with E-state index in [0.717, 1.165) is 25.4 Å². The van der Waals surface area contributed by atoms with Gasteiger partial charge in [-0.1, -0.05) is 19.1 Å². The lowest BCUT2D eigenvalue weighted by Crippen LogP contribution is -2.37. The van der Waals surface area contributed by atoms with Crippen molar-refractivity contribution in [2.24, 2.45) is 5.92 Å². The second kappa shape index (κ2) is 7.08. The van der Waals surface area contributed by atoms with Crippen molar-refractivity contribution in [3.63, 3.8) is 0 Å². The Bertz CT molecular complexity index is 209. The zero-order valence-electron chi connectivity index (χ0n) is 11.1. The zero-order chi connectivity index (χ0) is 12.0. The van der Waals surface area contributed by atoms with Crippen LogP contribution in [0.3, 0.4) is 0 Å². The van der Waals surface area contributed by atoms with Gasteiger partial charge in [-0.15, -0.1) is 0 Å². The van der Waals surface area contributed by atoms with Gasteiger partial charge in [0.1, 0.15) is 0 Å². The van der Waals surface area contributed by atoms with Crippen molar-refractivity contribution in [2.75, 3.05) is 13.7 Å². The SMILES string of the molecule is C=C(CC)CC(CC1CC(OCC)C1)NC. The lowest BCUT2D eigenvalue weighted by atomic mass is 9.77. The highest BCUT2D eigenvalue weighted by atomic mass is 16.5. The summed E-state index contributed by atoms with van der Waals surface area (Å²) in [6.45, 7) is 9.21. The van der Waals surface area contributed by atoms with Crippen LogP contribution in [-0.2, 0) is 4.74 Å². The maximum absolute atomic E-state index is 5.59. The summed E-state index contributed by atoms with van der Waals surface area (Å²) in [6.07, 6.45) is 6.56. The highest BCUT2D eigenvalue weighted by Crippen LogP contribution is 2.34. The monoisotopic (exact) mass is 225 g/mol. The fourth-order valence-corrected chi connectivity index (χ4v) is 2.44. The van der Waals surface area contributed by atoms with Gasteiger partial charge in [-0.25, -0.2) is 0 Å². The summed E-state index contributed by atoms with van der Waals surface area (Å²) >= 11 is 0. The lowest BCUT2D eigenvalue weighted by Gasteiger charge is -2.37. The summed E-state index contributed by atoms with van der Waals surface area (Å²) in [5.41, 5.74) is 1.36. The average Bonchev–Trinajstić information content (AvgIpc) is 2.24. The van der Waals surface area contributed by atoms with E-state index in [9.17, 15) is 0 Å². The molecule has 1 unspecified atom stereocenters. The summed E-state index contributed by atoms with van der Waals surface area (Å²) in [6, 6.07) is 0.611. The normalized spacial score (nSPS) is 26.2. The molecule has 1 saturated carbocycles. The summed E-state index contributed by atoms with van der Waals surface area (Å²) in [4.78, 5) is 0. The van der Waals surface area contributed by atoms with E-state index in [1.54, 1.807) is 0 Å². The van der Waals surface area contributed by atoms with Gasteiger partial charge in [-0.3, -0.25) is 0 Å². The largest absolute Gasteiger partial charge is 0.378 e. The topological polar surface area (TPSA) is 21.3 Å². The third-order valence-electron chi connectivity index (χ3n) is 3.66. The maximum Gasteiger partial charge on any atom is 0.0580 e. The Hall–Kier alpha value is -0.340. The number of nitrogens with one attached hydrogen (secondary N) is 1. The van der Waals surface area contributed by atoms with E-state index in [0.29, 0.717) is 12.1 Å². The number of ether oxygens (including phenoxy) is 1. The van der Waals surface area contributed by atoms with Crippen molar-refractivity contribution in [1.82, 2.24) is 5.32 Å².